The van der Waals surface area contributed by atoms with E-state index < -0.39 is 10.0 Å². The minimum absolute atomic E-state index is 0.109. The summed E-state index contributed by atoms with van der Waals surface area (Å²) in [4.78, 5) is 0. The first-order chi connectivity index (χ1) is 8.96. The normalized spacial score (nSPS) is 11.5. The van der Waals surface area contributed by atoms with Crippen LogP contribution in [0.2, 0.25) is 0 Å². The fraction of sp³-hybridized carbons (Fsp3) is 0.500. The molecule has 0 aromatic heterocycles. The number of hydrogen-bond acceptors (Lipinski definition) is 3. The van der Waals surface area contributed by atoms with Gasteiger partial charge >= 0.3 is 0 Å². The van der Waals surface area contributed by atoms with E-state index in [2.05, 4.69) is 48.8 Å². The van der Waals surface area contributed by atoms with Crippen molar-refractivity contribution in [3.05, 3.63) is 27.1 Å². The second kappa shape index (κ2) is 8.24. The lowest BCUT2D eigenvalue weighted by molar-refractivity contribution is 0.593. The van der Waals surface area contributed by atoms with Crippen LogP contribution in [0.4, 0.5) is 5.69 Å². The highest BCUT2D eigenvalue weighted by atomic mass is 79.9. The van der Waals surface area contributed by atoms with Gasteiger partial charge in [-0.05, 0) is 69.9 Å². The summed E-state index contributed by atoms with van der Waals surface area (Å²) in [7, 11) is -3.32. The summed E-state index contributed by atoms with van der Waals surface area (Å²) in [5.74, 6) is 0.109. The van der Waals surface area contributed by atoms with Crippen molar-refractivity contribution in [2.75, 3.05) is 23.6 Å². The fourth-order valence-corrected chi connectivity index (χ4v) is 4.11. The highest BCUT2D eigenvalue weighted by Gasteiger charge is 2.14. The van der Waals surface area contributed by atoms with Gasteiger partial charge in [0, 0.05) is 8.95 Å². The van der Waals surface area contributed by atoms with Crippen molar-refractivity contribution >= 4 is 47.6 Å². The van der Waals surface area contributed by atoms with Gasteiger partial charge < -0.3 is 5.32 Å². The maximum atomic E-state index is 12.0. The molecule has 4 nitrogen and oxygen atoms in total. The van der Waals surface area contributed by atoms with Crippen LogP contribution < -0.4 is 10.0 Å². The third-order valence-corrected chi connectivity index (χ3v) is 5.08. The molecule has 2 N–H and O–H groups in total. The number of para-hydroxylation sites is 1. The van der Waals surface area contributed by atoms with Crippen molar-refractivity contribution in [2.45, 2.75) is 19.8 Å². The third-order valence-electron chi connectivity index (χ3n) is 2.41. The molecule has 0 saturated heterocycles. The molecule has 0 bridgehead atoms. The van der Waals surface area contributed by atoms with E-state index in [9.17, 15) is 8.42 Å². The Hall–Kier alpha value is -0.110. The van der Waals surface area contributed by atoms with Gasteiger partial charge in [-0.25, -0.2) is 8.42 Å². The average Bonchev–Trinajstić information content (AvgIpc) is 2.34. The lowest BCUT2D eigenvalue weighted by atomic mass is 10.3. The Morgan fingerprint density at radius 1 is 1.16 bits per heavy atom. The number of rotatable bonds is 8. The Balaban J connectivity index is 2.55. The quantitative estimate of drug-likeness (QED) is 0.642. The van der Waals surface area contributed by atoms with Crippen LogP contribution in [0.5, 0.6) is 0 Å². The van der Waals surface area contributed by atoms with Gasteiger partial charge in [0.1, 0.15) is 0 Å². The molecule has 1 aromatic carbocycles. The number of hydrogen-bond donors (Lipinski definition) is 2. The van der Waals surface area contributed by atoms with Crippen LogP contribution in [0.25, 0.3) is 0 Å². The Bertz CT molecular complexity index is 486. The maximum absolute atomic E-state index is 12.0. The van der Waals surface area contributed by atoms with E-state index in [4.69, 9.17) is 0 Å². The Kier molecular flexibility index (Phi) is 7.35. The van der Waals surface area contributed by atoms with Gasteiger partial charge in [0.05, 0.1) is 11.4 Å². The van der Waals surface area contributed by atoms with E-state index in [1.54, 1.807) is 12.1 Å². The molecule has 0 heterocycles. The molecule has 0 aliphatic heterocycles. The Labute approximate surface area is 131 Å². The topological polar surface area (TPSA) is 58.2 Å². The summed E-state index contributed by atoms with van der Waals surface area (Å²) in [6, 6.07) is 5.43. The maximum Gasteiger partial charge on any atom is 0.232 e. The second-order valence-electron chi connectivity index (χ2n) is 4.12. The standard InChI is InChI=1S/C12H18Br2N2O2S/c1-2-7-15-8-4-9-19(17,18)16-12-10(13)5-3-6-11(12)14/h3,5-6,15-16H,2,4,7-9H2,1H3. The first kappa shape index (κ1) is 16.9. The Morgan fingerprint density at radius 2 is 1.79 bits per heavy atom. The van der Waals surface area contributed by atoms with Gasteiger partial charge in [-0.1, -0.05) is 13.0 Å². The minimum atomic E-state index is -3.32. The summed E-state index contributed by atoms with van der Waals surface area (Å²) < 4.78 is 27.9. The van der Waals surface area contributed by atoms with Crippen LogP contribution in [0.3, 0.4) is 0 Å². The number of benzene rings is 1. The first-order valence-electron chi connectivity index (χ1n) is 6.11. The molecular formula is C12H18Br2N2O2S. The van der Waals surface area contributed by atoms with Crippen molar-refractivity contribution < 1.29 is 8.42 Å². The van der Waals surface area contributed by atoms with Gasteiger partial charge in [-0.15, -0.1) is 0 Å². The number of nitrogens with one attached hydrogen (secondary N) is 2. The van der Waals surface area contributed by atoms with Crippen LogP contribution in [-0.2, 0) is 10.0 Å². The fourth-order valence-electron chi connectivity index (χ4n) is 1.49. The molecule has 7 heteroatoms. The lowest BCUT2D eigenvalue weighted by Gasteiger charge is -2.11. The molecule has 0 radical (unpaired) electrons. The molecule has 0 spiro atoms. The first-order valence-corrected chi connectivity index (χ1v) is 9.35. The van der Waals surface area contributed by atoms with Crippen LogP contribution in [-0.4, -0.2) is 27.3 Å². The molecule has 0 fully saturated rings. The molecule has 108 valence electrons. The van der Waals surface area contributed by atoms with Crippen molar-refractivity contribution in [3.63, 3.8) is 0 Å². The molecule has 1 aromatic rings. The average molecular weight is 414 g/mol. The van der Waals surface area contributed by atoms with Gasteiger partial charge in [0.2, 0.25) is 10.0 Å². The summed E-state index contributed by atoms with van der Waals surface area (Å²) in [5, 5.41) is 3.18. The van der Waals surface area contributed by atoms with Crippen molar-refractivity contribution in [1.29, 1.82) is 0 Å². The summed E-state index contributed by atoms with van der Waals surface area (Å²) in [6.07, 6.45) is 1.65. The van der Waals surface area contributed by atoms with E-state index in [-0.39, 0.29) is 5.75 Å². The van der Waals surface area contributed by atoms with Crippen molar-refractivity contribution in [2.24, 2.45) is 0 Å². The van der Waals surface area contributed by atoms with Crippen LogP contribution >= 0.6 is 31.9 Å². The Morgan fingerprint density at radius 3 is 2.37 bits per heavy atom. The van der Waals surface area contributed by atoms with E-state index in [1.165, 1.54) is 0 Å². The highest BCUT2D eigenvalue weighted by molar-refractivity contribution is 9.11. The van der Waals surface area contributed by atoms with E-state index in [0.717, 1.165) is 21.9 Å². The number of anilines is 1. The lowest BCUT2D eigenvalue weighted by Crippen LogP contribution is -2.22. The van der Waals surface area contributed by atoms with Crippen molar-refractivity contribution in [1.82, 2.24) is 5.32 Å². The van der Waals surface area contributed by atoms with Crippen LogP contribution in [0.15, 0.2) is 27.1 Å². The molecule has 0 aliphatic rings. The van der Waals surface area contributed by atoms with Gasteiger partial charge in [0.25, 0.3) is 0 Å². The zero-order chi connectivity index (χ0) is 14.3. The molecule has 19 heavy (non-hydrogen) atoms. The summed E-state index contributed by atoms with van der Waals surface area (Å²) in [5.41, 5.74) is 0.545. The third kappa shape index (κ3) is 6.25. The molecule has 1 rings (SSSR count). The van der Waals surface area contributed by atoms with E-state index in [1.807, 2.05) is 6.07 Å². The van der Waals surface area contributed by atoms with Gasteiger partial charge in [0.15, 0.2) is 0 Å². The molecule has 0 unspecified atom stereocenters. The smallest absolute Gasteiger partial charge is 0.232 e. The predicted octanol–water partition coefficient (Wildman–Crippen LogP) is 3.34. The number of halogens is 2. The SMILES string of the molecule is CCCNCCCS(=O)(=O)Nc1c(Br)cccc1Br. The molecule has 0 saturated carbocycles. The largest absolute Gasteiger partial charge is 0.317 e. The minimum Gasteiger partial charge on any atom is -0.317 e. The zero-order valence-corrected chi connectivity index (χ0v) is 14.7. The van der Waals surface area contributed by atoms with Crippen LogP contribution in [0.1, 0.15) is 19.8 Å². The second-order valence-corrected chi connectivity index (χ2v) is 7.67. The highest BCUT2D eigenvalue weighted by Crippen LogP contribution is 2.31. The summed E-state index contributed by atoms with van der Waals surface area (Å²) >= 11 is 6.67. The van der Waals surface area contributed by atoms with Crippen LogP contribution in [0, 0.1) is 0 Å². The summed E-state index contributed by atoms with van der Waals surface area (Å²) in [6.45, 7) is 3.71. The zero-order valence-electron chi connectivity index (χ0n) is 10.7. The van der Waals surface area contributed by atoms with E-state index >= 15 is 0 Å². The van der Waals surface area contributed by atoms with E-state index in [0.29, 0.717) is 18.7 Å². The van der Waals surface area contributed by atoms with Crippen molar-refractivity contribution in [3.8, 4) is 0 Å². The predicted molar refractivity (Wildman–Crippen MR) is 87.0 cm³/mol. The number of sulfonamides is 1. The molecular weight excluding hydrogens is 396 g/mol. The van der Waals surface area contributed by atoms with Gasteiger partial charge in [-0.3, -0.25) is 4.72 Å². The van der Waals surface area contributed by atoms with Gasteiger partial charge in [-0.2, -0.15) is 0 Å². The monoisotopic (exact) mass is 412 g/mol. The molecule has 0 amide bonds. The molecule has 0 aliphatic carbocycles. The molecule has 0 atom stereocenters.